The maximum atomic E-state index is 3.69. The molecule has 0 spiro atoms. The molecule has 1 N–H and O–H groups in total. The molecule has 1 heterocycles. The van der Waals surface area contributed by atoms with Crippen molar-refractivity contribution in [3.63, 3.8) is 0 Å². The molecule has 0 amide bonds. The van der Waals surface area contributed by atoms with Crippen molar-refractivity contribution < 1.29 is 0 Å². The van der Waals surface area contributed by atoms with Crippen LogP contribution in [0.5, 0.6) is 0 Å². The van der Waals surface area contributed by atoms with E-state index in [-0.39, 0.29) is 0 Å². The fraction of sp³-hybridized carbons (Fsp3) is 1.00. The van der Waals surface area contributed by atoms with E-state index in [0.717, 1.165) is 17.9 Å². The Morgan fingerprint density at radius 2 is 2.06 bits per heavy atom. The highest BCUT2D eigenvalue weighted by Gasteiger charge is 2.33. The molecule has 0 aromatic rings. The Balaban J connectivity index is 1.91. The van der Waals surface area contributed by atoms with Crippen LogP contribution in [0.4, 0.5) is 0 Å². The summed E-state index contributed by atoms with van der Waals surface area (Å²) in [6.45, 7) is 13.2. The van der Waals surface area contributed by atoms with Gasteiger partial charge in [0.15, 0.2) is 0 Å². The van der Waals surface area contributed by atoms with Gasteiger partial charge in [-0.1, -0.05) is 26.7 Å². The molecule has 0 radical (unpaired) electrons. The van der Waals surface area contributed by atoms with Gasteiger partial charge in [-0.25, -0.2) is 0 Å². The van der Waals surface area contributed by atoms with Gasteiger partial charge < -0.3 is 5.32 Å². The van der Waals surface area contributed by atoms with E-state index in [9.17, 15) is 0 Å². The van der Waals surface area contributed by atoms with Crippen molar-refractivity contribution in [3.05, 3.63) is 0 Å². The molecule has 2 nitrogen and oxygen atoms in total. The number of nitrogens with zero attached hydrogens (tertiary/aromatic N) is 1. The molecular formula is C16H32N2. The highest BCUT2D eigenvalue weighted by Crippen LogP contribution is 2.30. The van der Waals surface area contributed by atoms with Crippen LogP contribution in [0.2, 0.25) is 0 Å². The minimum Gasteiger partial charge on any atom is -0.309 e. The zero-order valence-corrected chi connectivity index (χ0v) is 12.8. The number of piperazine rings is 1. The molecule has 2 heteroatoms. The molecule has 2 fully saturated rings. The Hall–Kier alpha value is -0.0800. The second kappa shape index (κ2) is 5.92. The number of hydrogen-bond acceptors (Lipinski definition) is 2. The van der Waals surface area contributed by atoms with E-state index in [1.807, 2.05) is 0 Å². The smallest absolute Gasteiger partial charge is 0.0252 e. The van der Waals surface area contributed by atoms with E-state index in [0.29, 0.717) is 5.54 Å². The Kier molecular flexibility index (Phi) is 4.71. The van der Waals surface area contributed by atoms with Crippen molar-refractivity contribution in [2.75, 3.05) is 19.6 Å². The number of nitrogens with one attached hydrogen (secondary N) is 1. The molecule has 3 unspecified atom stereocenters. The lowest BCUT2D eigenvalue weighted by atomic mass is 9.81. The second-order valence-corrected chi connectivity index (χ2v) is 7.39. The van der Waals surface area contributed by atoms with E-state index in [2.05, 4.69) is 37.9 Å². The largest absolute Gasteiger partial charge is 0.309 e. The van der Waals surface area contributed by atoms with E-state index >= 15 is 0 Å². The standard InChI is InChI=1S/C16H32N2/c1-5-15-10-17-16(3,4)12-18(15)11-14-8-6-7-13(2)9-14/h13-15,17H,5-12H2,1-4H3. The predicted octanol–water partition coefficient (Wildman–Crippen LogP) is 3.28. The molecule has 1 aliphatic carbocycles. The van der Waals surface area contributed by atoms with E-state index in [1.54, 1.807) is 0 Å². The average molecular weight is 252 g/mol. The van der Waals surface area contributed by atoms with Gasteiger partial charge >= 0.3 is 0 Å². The van der Waals surface area contributed by atoms with E-state index < -0.39 is 0 Å². The highest BCUT2D eigenvalue weighted by atomic mass is 15.2. The summed E-state index contributed by atoms with van der Waals surface area (Å²) in [4.78, 5) is 2.78. The van der Waals surface area contributed by atoms with Gasteiger partial charge in [0, 0.05) is 31.2 Å². The first kappa shape index (κ1) is 14.3. The molecular weight excluding hydrogens is 220 g/mol. The van der Waals surface area contributed by atoms with E-state index in [4.69, 9.17) is 0 Å². The highest BCUT2D eigenvalue weighted by molar-refractivity contribution is 4.92. The molecule has 0 aromatic carbocycles. The van der Waals surface area contributed by atoms with Crippen LogP contribution in [0.1, 0.15) is 59.8 Å². The van der Waals surface area contributed by atoms with Crippen LogP contribution in [0.15, 0.2) is 0 Å². The first-order valence-corrected chi connectivity index (χ1v) is 7.99. The topological polar surface area (TPSA) is 15.3 Å². The molecule has 2 rings (SSSR count). The number of rotatable bonds is 3. The predicted molar refractivity (Wildman–Crippen MR) is 78.9 cm³/mol. The molecule has 1 saturated carbocycles. The minimum atomic E-state index is 0.298. The lowest BCUT2D eigenvalue weighted by Gasteiger charge is -2.46. The lowest BCUT2D eigenvalue weighted by Crippen LogP contribution is -2.62. The van der Waals surface area contributed by atoms with Crippen LogP contribution in [0.3, 0.4) is 0 Å². The zero-order chi connectivity index (χ0) is 13.2. The average Bonchev–Trinajstić information content (AvgIpc) is 2.28. The van der Waals surface area contributed by atoms with Crippen molar-refractivity contribution in [2.24, 2.45) is 11.8 Å². The Morgan fingerprint density at radius 3 is 2.72 bits per heavy atom. The molecule has 1 saturated heterocycles. The third-order valence-corrected chi connectivity index (χ3v) is 4.94. The zero-order valence-electron chi connectivity index (χ0n) is 12.8. The summed E-state index contributed by atoms with van der Waals surface area (Å²) in [6, 6.07) is 0.759. The molecule has 2 aliphatic rings. The van der Waals surface area contributed by atoms with Crippen molar-refractivity contribution in [2.45, 2.75) is 71.4 Å². The fourth-order valence-corrected chi connectivity index (χ4v) is 3.89. The molecule has 1 aliphatic heterocycles. The van der Waals surface area contributed by atoms with Gasteiger partial charge in [0.1, 0.15) is 0 Å². The molecule has 3 atom stereocenters. The summed E-state index contributed by atoms with van der Waals surface area (Å²) in [5, 5.41) is 3.69. The number of hydrogen-bond donors (Lipinski definition) is 1. The van der Waals surface area contributed by atoms with Crippen LogP contribution in [-0.2, 0) is 0 Å². The normalized spacial score (nSPS) is 37.7. The van der Waals surface area contributed by atoms with Gasteiger partial charge in [0.25, 0.3) is 0 Å². The maximum Gasteiger partial charge on any atom is 0.0252 e. The third-order valence-electron chi connectivity index (χ3n) is 4.94. The van der Waals surface area contributed by atoms with E-state index in [1.165, 1.54) is 51.7 Å². The summed E-state index contributed by atoms with van der Waals surface area (Å²) < 4.78 is 0. The SMILES string of the molecule is CCC1CNC(C)(C)CN1CC1CCCC(C)C1. The molecule has 106 valence electrons. The van der Waals surface area contributed by atoms with Crippen molar-refractivity contribution >= 4 is 0 Å². The van der Waals surface area contributed by atoms with Gasteiger partial charge in [-0.05, 0) is 44.9 Å². The van der Waals surface area contributed by atoms with Crippen molar-refractivity contribution in [1.82, 2.24) is 10.2 Å². The third kappa shape index (κ3) is 3.71. The van der Waals surface area contributed by atoms with Crippen LogP contribution in [-0.4, -0.2) is 36.1 Å². The van der Waals surface area contributed by atoms with Crippen LogP contribution in [0, 0.1) is 11.8 Å². The Morgan fingerprint density at radius 1 is 1.28 bits per heavy atom. The summed E-state index contributed by atoms with van der Waals surface area (Å²) in [6.07, 6.45) is 7.12. The fourth-order valence-electron chi connectivity index (χ4n) is 3.89. The van der Waals surface area contributed by atoms with Crippen LogP contribution in [0.25, 0.3) is 0 Å². The first-order valence-electron chi connectivity index (χ1n) is 7.99. The van der Waals surface area contributed by atoms with Gasteiger partial charge in [-0.3, -0.25) is 4.90 Å². The van der Waals surface area contributed by atoms with Crippen molar-refractivity contribution in [1.29, 1.82) is 0 Å². The summed E-state index contributed by atoms with van der Waals surface area (Å²) >= 11 is 0. The van der Waals surface area contributed by atoms with Crippen molar-refractivity contribution in [3.8, 4) is 0 Å². The molecule has 0 bridgehead atoms. The maximum absolute atomic E-state index is 3.69. The molecule has 0 aromatic heterocycles. The van der Waals surface area contributed by atoms with Gasteiger partial charge in [0.05, 0.1) is 0 Å². The quantitative estimate of drug-likeness (QED) is 0.829. The second-order valence-electron chi connectivity index (χ2n) is 7.39. The van der Waals surface area contributed by atoms with Gasteiger partial charge in [-0.15, -0.1) is 0 Å². The lowest BCUT2D eigenvalue weighted by molar-refractivity contribution is 0.0653. The minimum absolute atomic E-state index is 0.298. The monoisotopic (exact) mass is 252 g/mol. The first-order chi connectivity index (χ1) is 8.50. The van der Waals surface area contributed by atoms with Crippen LogP contribution < -0.4 is 5.32 Å². The summed E-state index contributed by atoms with van der Waals surface area (Å²) in [7, 11) is 0. The molecule has 18 heavy (non-hydrogen) atoms. The van der Waals surface area contributed by atoms with Gasteiger partial charge in [0.2, 0.25) is 0 Å². The Bertz CT molecular complexity index is 262. The summed E-state index contributed by atoms with van der Waals surface area (Å²) in [5.41, 5.74) is 0.298. The van der Waals surface area contributed by atoms with Crippen LogP contribution >= 0.6 is 0 Å². The van der Waals surface area contributed by atoms with Gasteiger partial charge in [-0.2, -0.15) is 0 Å². The summed E-state index contributed by atoms with van der Waals surface area (Å²) in [5.74, 6) is 1.91. The Labute approximate surface area is 114 Å².